The van der Waals surface area contributed by atoms with Crippen molar-refractivity contribution in [1.29, 1.82) is 0 Å². The van der Waals surface area contributed by atoms with E-state index in [-0.39, 0.29) is 4.90 Å². The third-order valence-electron chi connectivity index (χ3n) is 6.33. The maximum atomic E-state index is 13.5. The van der Waals surface area contributed by atoms with Gasteiger partial charge in [-0.25, -0.2) is 13.8 Å². The Balaban J connectivity index is 1.56. The predicted octanol–water partition coefficient (Wildman–Crippen LogP) is 5.37. The standard InChI is InChI=1S/C30H32N4O3S/c1-21-15-22(2)17-27(16-21)34-24(4)18-26(25(34)5)19-31-32-30(35)20-33(29-14-10-9-11-23(29)3)38(36,37)28-12-7-6-8-13-28/h6-19H,20H2,1-5H3,(H,32,35)/b31-19-. The highest BCUT2D eigenvalue weighted by Gasteiger charge is 2.28. The molecule has 4 rings (SSSR count). The Morgan fingerprint density at radius 1 is 0.895 bits per heavy atom. The van der Waals surface area contributed by atoms with Crippen molar-refractivity contribution in [3.8, 4) is 5.69 Å². The summed E-state index contributed by atoms with van der Waals surface area (Å²) in [4.78, 5) is 13.0. The van der Waals surface area contributed by atoms with Crippen molar-refractivity contribution >= 4 is 27.8 Å². The molecule has 1 amide bonds. The smallest absolute Gasteiger partial charge is 0.264 e. The largest absolute Gasteiger partial charge is 0.318 e. The molecule has 0 spiro atoms. The van der Waals surface area contributed by atoms with Gasteiger partial charge in [0.25, 0.3) is 15.9 Å². The van der Waals surface area contributed by atoms with Gasteiger partial charge in [0.2, 0.25) is 0 Å². The number of amides is 1. The zero-order valence-electron chi connectivity index (χ0n) is 22.3. The van der Waals surface area contributed by atoms with Crippen molar-refractivity contribution in [3.63, 3.8) is 0 Å². The van der Waals surface area contributed by atoms with Gasteiger partial charge in [-0.1, -0.05) is 42.5 Å². The molecule has 7 nitrogen and oxygen atoms in total. The molecule has 0 atom stereocenters. The summed E-state index contributed by atoms with van der Waals surface area (Å²) < 4.78 is 30.2. The lowest BCUT2D eigenvalue weighted by molar-refractivity contribution is -0.119. The molecule has 1 N–H and O–H groups in total. The molecular formula is C30H32N4O3S. The minimum absolute atomic E-state index is 0.110. The van der Waals surface area contributed by atoms with Crippen LogP contribution in [0.5, 0.6) is 0 Å². The highest BCUT2D eigenvalue weighted by atomic mass is 32.2. The fraction of sp³-hybridized carbons (Fsp3) is 0.200. The van der Waals surface area contributed by atoms with Gasteiger partial charge in [0, 0.05) is 22.6 Å². The number of carbonyl (C=O) groups is 1. The summed E-state index contributed by atoms with van der Waals surface area (Å²) in [6.07, 6.45) is 1.59. The number of para-hydroxylation sites is 1. The molecule has 196 valence electrons. The second-order valence-corrected chi connectivity index (χ2v) is 11.3. The lowest BCUT2D eigenvalue weighted by Crippen LogP contribution is -2.40. The fourth-order valence-corrected chi connectivity index (χ4v) is 6.10. The molecule has 0 aliphatic rings. The topological polar surface area (TPSA) is 83.8 Å². The molecule has 38 heavy (non-hydrogen) atoms. The zero-order chi connectivity index (χ0) is 27.4. The first kappa shape index (κ1) is 26.9. The predicted molar refractivity (Wildman–Crippen MR) is 153 cm³/mol. The highest BCUT2D eigenvalue weighted by molar-refractivity contribution is 7.92. The number of hydrogen-bond donors (Lipinski definition) is 1. The summed E-state index contributed by atoms with van der Waals surface area (Å²) in [7, 11) is -3.98. The van der Waals surface area contributed by atoms with Crippen LogP contribution in [0.15, 0.2) is 88.9 Å². The van der Waals surface area contributed by atoms with Crippen molar-refractivity contribution < 1.29 is 13.2 Å². The van der Waals surface area contributed by atoms with E-state index >= 15 is 0 Å². The number of hydrogen-bond acceptors (Lipinski definition) is 4. The van der Waals surface area contributed by atoms with Crippen LogP contribution in [-0.4, -0.2) is 31.7 Å². The van der Waals surface area contributed by atoms with Gasteiger partial charge in [-0.2, -0.15) is 5.10 Å². The number of sulfonamides is 1. The SMILES string of the molecule is Cc1cc(C)cc(-n2c(C)cc(/C=N\NC(=O)CN(c3ccccc3C)S(=O)(=O)c3ccccc3)c2C)c1. The van der Waals surface area contributed by atoms with Gasteiger partial charge >= 0.3 is 0 Å². The molecule has 0 aliphatic heterocycles. The maximum absolute atomic E-state index is 13.5. The Morgan fingerprint density at radius 2 is 1.53 bits per heavy atom. The molecule has 8 heteroatoms. The van der Waals surface area contributed by atoms with E-state index in [9.17, 15) is 13.2 Å². The zero-order valence-corrected chi connectivity index (χ0v) is 23.1. The van der Waals surface area contributed by atoms with Crippen molar-refractivity contribution in [3.05, 3.63) is 113 Å². The number of aryl methyl sites for hydroxylation is 4. The van der Waals surface area contributed by atoms with E-state index in [1.54, 1.807) is 36.5 Å². The third-order valence-corrected chi connectivity index (χ3v) is 8.10. The molecule has 0 aliphatic carbocycles. The van der Waals surface area contributed by atoms with Gasteiger partial charge in [0.1, 0.15) is 6.54 Å². The maximum Gasteiger partial charge on any atom is 0.264 e. The van der Waals surface area contributed by atoms with E-state index < -0.39 is 22.5 Å². The van der Waals surface area contributed by atoms with Gasteiger partial charge in [0.05, 0.1) is 16.8 Å². The lowest BCUT2D eigenvalue weighted by atomic mass is 10.1. The fourth-order valence-electron chi connectivity index (χ4n) is 4.60. The first-order valence-corrected chi connectivity index (χ1v) is 13.7. The normalized spacial score (nSPS) is 11.6. The quantitative estimate of drug-likeness (QED) is 0.247. The minimum atomic E-state index is -3.98. The monoisotopic (exact) mass is 528 g/mol. The Kier molecular flexibility index (Phi) is 7.83. The third kappa shape index (κ3) is 5.70. The Morgan fingerprint density at radius 3 is 2.18 bits per heavy atom. The first-order chi connectivity index (χ1) is 18.1. The second kappa shape index (κ2) is 11.1. The van der Waals surface area contributed by atoms with Crippen molar-refractivity contribution in [2.45, 2.75) is 39.5 Å². The van der Waals surface area contributed by atoms with E-state index in [1.165, 1.54) is 23.3 Å². The molecule has 3 aromatic carbocycles. The van der Waals surface area contributed by atoms with Crippen LogP contribution < -0.4 is 9.73 Å². The highest BCUT2D eigenvalue weighted by Crippen LogP contribution is 2.26. The van der Waals surface area contributed by atoms with Crippen molar-refractivity contribution in [2.24, 2.45) is 5.10 Å². The Labute approximate surface area is 224 Å². The van der Waals surface area contributed by atoms with E-state index in [4.69, 9.17) is 0 Å². The Bertz CT molecular complexity index is 1590. The lowest BCUT2D eigenvalue weighted by Gasteiger charge is -2.25. The molecule has 0 radical (unpaired) electrons. The first-order valence-electron chi connectivity index (χ1n) is 12.3. The van der Waals surface area contributed by atoms with Gasteiger partial charge in [-0.15, -0.1) is 0 Å². The Hall–Kier alpha value is -4.17. The van der Waals surface area contributed by atoms with Crippen LogP contribution in [0.4, 0.5) is 5.69 Å². The summed E-state index contributed by atoms with van der Waals surface area (Å²) >= 11 is 0. The van der Waals surface area contributed by atoms with E-state index in [1.807, 2.05) is 39.0 Å². The van der Waals surface area contributed by atoms with Crippen LogP contribution in [0, 0.1) is 34.6 Å². The molecule has 4 aromatic rings. The molecular weight excluding hydrogens is 496 g/mol. The van der Waals surface area contributed by atoms with Crippen LogP contribution in [-0.2, 0) is 14.8 Å². The van der Waals surface area contributed by atoms with Crippen LogP contribution in [0.25, 0.3) is 5.69 Å². The summed E-state index contributed by atoms with van der Waals surface area (Å²) in [6.45, 7) is 9.56. The van der Waals surface area contributed by atoms with E-state index in [0.717, 1.165) is 32.5 Å². The number of hydrazone groups is 1. The number of aromatic nitrogens is 1. The molecule has 0 bridgehead atoms. The molecule has 0 saturated carbocycles. The minimum Gasteiger partial charge on any atom is -0.318 e. The summed E-state index contributed by atoms with van der Waals surface area (Å²) in [5, 5.41) is 4.15. The number of rotatable bonds is 8. The number of carbonyl (C=O) groups excluding carboxylic acids is 1. The average Bonchev–Trinajstić information content (AvgIpc) is 3.15. The van der Waals surface area contributed by atoms with Crippen molar-refractivity contribution in [2.75, 3.05) is 10.8 Å². The summed E-state index contributed by atoms with van der Waals surface area (Å²) in [5.41, 5.74) is 9.99. The van der Waals surface area contributed by atoms with Gasteiger partial charge in [0.15, 0.2) is 0 Å². The molecule has 0 saturated heterocycles. The second-order valence-electron chi connectivity index (χ2n) is 9.41. The molecule has 1 heterocycles. The number of anilines is 1. The van der Waals surface area contributed by atoms with Gasteiger partial charge in [-0.3, -0.25) is 9.10 Å². The van der Waals surface area contributed by atoms with Crippen molar-refractivity contribution in [1.82, 2.24) is 9.99 Å². The number of nitrogens with one attached hydrogen (secondary N) is 1. The number of benzene rings is 3. The van der Waals surface area contributed by atoms with E-state index in [2.05, 4.69) is 47.1 Å². The van der Waals surface area contributed by atoms with Gasteiger partial charge < -0.3 is 4.57 Å². The number of nitrogens with zero attached hydrogens (tertiary/aromatic N) is 3. The van der Waals surface area contributed by atoms with Crippen LogP contribution in [0.2, 0.25) is 0 Å². The molecule has 1 aromatic heterocycles. The van der Waals surface area contributed by atoms with E-state index in [0.29, 0.717) is 5.69 Å². The van der Waals surface area contributed by atoms with Gasteiger partial charge in [-0.05, 0) is 87.7 Å². The van der Waals surface area contributed by atoms with Crippen LogP contribution in [0.1, 0.15) is 33.6 Å². The van der Waals surface area contributed by atoms with Crippen LogP contribution >= 0.6 is 0 Å². The summed E-state index contributed by atoms with van der Waals surface area (Å²) in [5.74, 6) is -0.549. The molecule has 0 fully saturated rings. The molecule has 0 unspecified atom stereocenters. The van der Waals surface area contributed by atoms with Crippen LogP contribution in [0.3, 0.4) is 0 Å². The average molecular weight is 529 g/mol. The summed E-state index contributed by atoms with van der Waals surface area (Å²) in [6, 6.07) is 23.5.